The molecule has 5 nitrogen and oxygen atoms in total. The molecule has 0 saturated heterocycles. The quantitative estimate of drug-likeness (QED) is 0.640. The molecule has 2 amide bonds. The van der Waals surface area contributed by atoms with Crippen molar-refractivity contribution in [1.29, 1.82) is 0 Å². The highest BCUT2D eigenvalue weighted by Gasteiger charge is 2.54. The number of nitrogens with one attached hydrogen (secondary N) is 3. The maximum atomic E-state index is 13.0. The topological polar surface area (TPSA) is 70.2 Å². The molecule has 4 aliphatic rings. The van der Waals surface area contributed by atoms with Crippen molar-refractivity contribution in [2.45, 2.75) is 58.3 Å². The van der Waals surface area contributed by atoms with Crippen LogP contribution in [-0.2, 0) is 9.59 Å². The maximum absolute atomic E-state index is 13.0. The fourth-order valence-corrected chi connectivity index (χ4v) is 6.08. The van der Waals surface area contributed by atoms with Gasteiger partial charge in [-0.05, 0) is 99.2 Å². The molecule has 4 aliphatic carbocycles. The van der Waals surface area contributed by atoms with Gasteiger partial charge >= 0.3 is 0 Å². The van der Waals surface area contributed by atoms with E-state index < -0.39 is 0 Å². The van der Waals surface area contributed by atoms with Crippen LogP contribution in [0.1, 0.15) is 58.3 Å². The van der Waals surface area contributed by atoms with Crippen LogP contribution in [0.2, 0.25) is 0 Å². The van der Waals surface area contributed by atoms with Gasteiger partial charge in [0.05, 0.1) is 5.41 Å². The van der Waals surface area contributed by atoms with Crippen LogP contribution in [0.25, 0.3) is 0 Å². The third-order valence-electron chi connectivity index (χ3n) is 6.65. The van der Waals surface area contributed by atoms with Crippen molar-refractivity contribution in [2.75, 3.05) is 10.6 Å². The molecule has 5 rings (SSSR count). The second kappa shape index (κ2) is 7.82. The van der Waals surface area contributed by atoms with E-state index in [1.54, 1.807) is 0 Å². The van der Waals surface area contributed by atoms with Crippen molar-refractivity contribution in [3.8, 4) is 0 Å². The number of hydrogen-bond acceptors (Lipinski definition) is 3. The molecule has 1 aromatic carbocycles. The van der Waals surface area contributed by atoms with Crippen molar-refractivity contribution in [2.24, 2.45) is 23.2 Å². The van der Waals surface area contributed by atoms with E-state index in [0.29, 0.717) is 11.5 Å². The van der Waals surface area contributed by atoms with E-state index in [1.165, 1.54) is 19.3 Å². The number of rotatable bonds is 5. The molecule has 0 heterocycles. The van der Waals surface area contributed by atoms with Crippen LogP contribution in [-0.4, -0.2) is 16.9 Å². The average molecular weight is 400 g/mol. The molecule has 0 aliphatic heterocycles. The molecule has 4 fully saturated rings. The number of thiocarbonyl (C=S) groups is 1. The van der Waals surface area contributed by atoms with E-state index >= 15 is 0 Å². The standard InChI is InChI=1S/C22H29N3O2S/c1-2-3-19(26)23-17-4-6-18(7-5-17)24-21(28)25-20(27)22-11-14-8-15(12-22)10-16(9-14)13-22/h4-7,14-16H,2-3,8-13H2,1H3,(H,23,26)(H2,24,25,27,28). The van der Waals surface area contributed by atoms with Crippen molar-refractivity contribution in [1.82, 2.24) is 5.32 Å². The largest absolute Gasteiger partial charge is 0.332 e. The summed E-state index contributed by atoms with van der Waals surface area (Å²) in [6, 6.07) is 7.37. The number of carbonyl (C=O) groups excluding carboxylic acids is 2. The lowest BCUT2D eigenvalue weighted by atomic mass is 9.49. The Morgan fingerprint density at radius 3 is 1.96 bits per heavy atom. The molecular formula is C22H29N3O2S. The van der Waals surface area contributed by atoms with Gasteiger partial charge in [0.2, 0.25) is 11.8 Å². The van der Waals surface area contributed by atoms with Gasteiger partial charge in [0.1, 0.15) is 0 Å². The van der Waals surface area contributed by atoms with Crippen LogP contribution in [0.5, 0.6) is 0 Å². The number of hydrogen-bond donors (Lipinski definition) is 3. The van der Waals surface area contributed by atoms with Crippen LogP contribution >= 0.6 is 12.2 Å². The van der Waals surface area contributed by atoms with Crippen molar-refractivity contribution < 1.29 is 9.59 Å². The van der Waals surface area contributed by atoms with Gasteiger partial charge in [0.25, 0.3) is 0 Å². The molecule has 28 heavy (non-hydrogen) atoms. The lowest BCUT2D eigenvalue weighted by Gasteiger charge is -2.55. The summed E-state index contributed by atoms with van der Waals surface area (Å²) in [6.07, 6.45) is 8.37. The molecule has 0 aromatic heterocycles. The van der Waals surface area contributed by atoms with Crippen LogP contribution in [0, 0.1) is 23.2 Å². The van der Waals surface area contributed by atoms with Crippen LogP contribution in [0.3, 0.4) is 0 Å². The third-order valence-corrected chi connectivity index (χ3v) is 6.85. The molecule has 6 heteroatoms. The summed E-state index contributed by atoms with van der Waals surface area (Å²) in [4.78, 5) is 24.7. The second-order valence-corrected chi connectivity index (χ2v) is 9.39. The summed E-state index contributed by atoms with van der Waals surface area (Å²) in [5.74, 6) is 2.31. The van der Waals surface area contributed by atoms with E-state index in [4.69, 9.17) is 12.2 Å². The number of anilines is 2. The Morgan fingerprint density at radius 2 is 1.46 bits per heavy atom. The molecule has 0 unspecified atom stereocenters. The van der Waals surface area contributed by atoms with Gasteiger partial charge in [-0.3, -0.25) is 9.59 Å². The molecule has 150 valence electrons. The van der Waals surface area contributed by atoms with E-state index in [-0.39, 0.29) is 17.2 Å². The zero-order valence-corrected chi connectivity index (χ0v) is 17.2. The van der Waals surface area contributed by atoms with E-state index in [2.05, 4.69) is 16.0 Å². The van der Waals surface area contributed by atoms with Crippen molar-refractivity contribution in [3.05, 3.63) is 24.3 Å². The Balaban J connectivity index is 1.32. The molecule has 1 aromatic rings. The molecule has 4 saturated carbocycles. The monoisotopic (exact) mass is 399 g/mol. The summed E-state index contributed by atoms with van der Waals surface area (Å²) in [7, 11) is 0. The summed E-state index contributed by atoms with van der Waals surface area (Å²) in [6.45, 7) is 1.98. The minimum absolute atomic E-state index is 0.0153. The van der Waals surface area contributed by atoms with E-state index in [9.17, 15) is 9.59 Å². The van der Waals surface area contributed by atoms with Gasteiger partial charge in [-0.15, -0.1) is 0 Å². The second-order valence-electron chi connectivity index (χ2n) is 8.98. The smallest absolute Gasteiger partial charge is 0.232 e. The van der Waals surface area contributed by atoms with Gasteiger partial charge in [0, 0.05) is 17.8 Å². The summed E-state index contributed by atoms with van der Waals surface area (Å²) < 4.78 is 0. The summed E-state index contributed by atoms with van der Waals surface area (Å²) in [5.41, 5.74) is 1.35. The molecule has 3 N–H and O–H groups in total. The normalized spacial score (nSPS) is 30.0. The van der Waals surface area contributed by atoms with Gasteiger partial charge in [-0.25, -0.2) is 0 Å². The minimum atomic E-state index is -0.200. The predicted molar refractivity (Wildman–Crippen MR) is 115 cm³/mol. The first kappa shape index (κ1) is 19.4. The first-order chi connectivity index (χ1) is 13.5. The zero-order valence-electron chi connectivity index (χ0n) is 16.4. The third kappa shape index (κ3) is 4.07. The molecular weight excluding hydrogens is 370 g/mol. The highest BCUT2D eigenvalue weighted by atomic mass is 32.1. The number of amides is 2. The Kier molecular flexibility index (Phi) is 5.41. The average Bonchev–Trinajstić information content (AvgIpc) is 2.62. The summed E-state index contributed by atoms with van der Waals surface area (Å²) in [5, 5.41) is 9.27. The zero-order chi connectivity index (χ0) is 19.7. The van der Waals surface area contributed by atoms with Crippen LogP contribution < -0.4 is 16.0 Å². The maximum Gasteiger partial charge on any atom is 0.232 e. The fourth-order valence-electron chi connectivity index (χ4n) is 5.87. The molecule has 0 radical (unpaired) electrons. The lowest BCUT2D eigenvalue weighted by Crippen LogP contribution is -2.55. The Bertz CT molecular complexity index is 739. The Morgan fingerprint density at radius 1 is 0.964 bits per heavy atom. The first-order valence-electron chi connectivity index (χ1n) is 10.5. The van der Waals surface area contributed by atoms with Gasteiger partial charge in [-0.1, -0.05) is 6.92 Å². The van der Waals surface area contributed by atoms with Gasteiger partial charge in [-0.2, -0.15) is 0 Å². The van der Waals surface area contributed by atoms with Crippen LogP contribution in [0.4, 0.5) is 11.4 Å². The van der Waals surface area contributed by atoms with E-state index in [0.717, 1.165) is 54.8 Å². The molecule has 0 spiro atoms. The van der Waals surface area contributed by atoms with Crippen LogP contribution in [0.15, 0.2) is 24.3 Å². The number of carbonyl (C=O) groups is 2. The highest BCUT2D eigenvalue weighted by molar-refractivity contribution is 7.80. The Labute approximate surface area is 172 Å². The van der Waals surface area contributed by atoms with Crippen molar-refractivity contribution in [3.63, 3.8) is 0 Å². The predicted octanol–water partition coefficient (Wildman–Crippen LogP) is 4.45. The molecule has 4 bridgehead atoms. The van der Waals surface area contributed by atoms with E-state index in [1.807, 2.05) is 31.2 Å². The molecule has 0 atom stereocenters. The minimum Gasteiger partial charge on any atom is -0.332 e. The summed E-state index contributed by atoms with van der Waals surface area (Å²) >= 11 is 5.39. The van der Waals surface area contributed by atoms with Gasteiger partial charge in [0.15, 0.2) is 5.11 Å². The Hall–Kier alpha value is -1.95. The SMILES string of the molecule is CCCC(=O)Nc1ccc(NC(=S)NC(=O)C23CC4CC(CC(C4)C2)C3)cc1. The lowest BCUT2D eigenvalue weighted by molar-refractivity contribution is -0.144. The fraction of sp³-hybridized carbons (Fsp3) is 0.591. The highest BCUT2D eigenvalue weighted by Crippen LogP contribution is 2.60. The number of benzene rings is 1. The first-order valence-corrected chi connectivity index (χ1v) is 10.9. The van der Waals surface area contributed by atoms with Crippen molar-refractivity contribution >= 4 is 40.5 Å². The van der Waals surface area contributed by atoms with Gasteiger partial charge < -0.3 is 16.0 Å².